The Labute approximate surface area is 170 Å². The Morgan fingerprint density at radius 1 is 1.24 bits per heavy atom. The van der Waals surface area contributed by atoms with E-state index in [0.717, 1.165) is 30.2 Å². The topological polar surface area (TPSA) is 106 Å². The van der Waals surface area contributed by atoms with Crippen LogP contribution in [0.4, 0.5) is 0 Å². The third-order valence-corrected chi connectivity index (χ3v) is 4.76. The van der Waals surface area contributed by atoms with Crippen LogP contribution in [0.2, 0.25) is 0 Å². The maximum absolute atomic E-state index is 12.3. The maximum Gasteiger partial charge on any atom is 0.336 e. The van der Waals surface area contributed by atoms with Crippen molar-refractivity contribution in [2.45, 2.75) is 65.4 Å². The minimum absolute atomic E-state index is 0.144. The number of amides is 1. The van der Waals surface area contributed by atoms with Crippen molar-refractivity contribution in [3.05, 3.63) is 39.7 Å². The lowest BCUT2D eigenvalue weighted by Gasteiger charge is -2.17. The maximum atomic E-state index is 12.3. The molecule has 158 valence electrons. The highest BCUT2D eigenvalue weighted by molar-refractivity contribution is 5.85. The fourth-order valence-corrected chi connectivity index (χ4v) is 3.19. The van der Waals surface area contributed by atoms with Gasteiger partial charge in [-0.05, 0) is 50.8 Å². The number of aryl methyl sites for hydroxylation is 2. The molecule has 2 rings (SSSR count). The molecular weight excluding hydrogens is 374 g/mol. The number of rotatable bonds is 11. The second kappa shape index (κ2) is 10.6. The van der Waals surface area contributed by atoms with Crippen LogP contribution in [-0.2, 0) is 16.0 Å². The predicted octanol–water partition coefficient (Wildman–Crippen LogP) is 3.58. The van der Waals surface area contributed by atoms with Gasteiger partial charge in [0.2, 0.25) is 0 Å². The number of carboxylic acid groups (broad SMARTS) is 1. The number of unbranched alkanes of at least 4 members (excludes halogenated alkanes) is 2. The quantitative estimate of drug-likeness (QED) is 0.439. The SMILES string of the molecule is CCCc1cc(=O)oc2c(C)c(O[C@H](C)C(=O)NCCCCCC(=O)O)ccc12. The molecule has 0 saturated heterocycles. The lowest BCUT2D eigenvalue weighted by Crippen LogP contribution is -2.36. The van der Waals surface area contributed by atoms with E-state index in [0.29, 0.717) is 36.3 Å². The second-order valence-electron chi connectivity index (χ2n) is 7.16. The minimum atomic E-state index is -0.806. The van der Waals surface area contributed by atoms with E-state index in [1.54, 1.807) is 13.0 Å². The Hall–Kier alpha value is -2.83. The van der Waals surface area contributed by atoms with Crippen LogP contribution in [0.3, 0.4) is 0 Å². The molecule has 1 atom stereocenters. The number of hydrogen-bond donors (Lipinski definition) is 2. The first-order valence-corrected chi connectivity index (χ1v) is 10.1. The van der Waals surface area contributed by atoms with Crippen LogP contribution in [0.15, 0.2) is 27.4 Å². The van der Waals surface area contributed by atoms with E-state index in [1.807, 2.05) is 13.0 Å². The van der Waals surface area contributed by atoms with Gasteiger partial charge in [-0.1, -0.05) is 19.8 Å². The molecule has 0 fully saturated rings. The van der Waals surface area contributed by atoms with Crippen LogP contribution in [0.5, 0.6) is 5.75 Å². The normalized spacial score (nSPS) is 12.0. The molecule has 1 aromatic carbocycles. The van der Waals surface area contributed by atoms with Gasteiger partial charge >= 0.3 is 11.6 Å². The van der Waals surface area contributed by atoms with Crippen molar-refractivity contribution in [2.75, 3.05) is 6.54 Å². The standard InChI is InChI=1S/C22H29NO6/c1-4-8-16-13-20(26)29-21-14(2)18(11-10-17(16)21)28-15(3)22(27)23-12-7-5-6-9-19(24)25/h10-11,13,15H,4-9,12H2,1-3H3,(H,23,27)(H,24,25)/t15-/m1/s1. The van der Waals surface area contributed by atoms with Crippen molar-refractivity contribution < 1.29 is 23.8 Å². The zero-order valence-electron chi connectivity index (χ0n) is 17.2. The molecule has 0 aliphatic rings. The van der Waals surface area contributed by atoms with Gasteiger partial charge in [-0.3, -0.25) is 9.59 Å². The van der Waals surface area contributed by atoms with Crippen LogP contribution in [0.25, 0.3) is 11.0 Å². The van der Waals surface area contributed by atoms with Crippen molar-refractivity contribution in [3.63, 3.8) is 0 Å². The van der Waals surface area contributed by atoms with E-state index in [9.17, 15) is 14.4 Å². The van der Waals surface area contributed by atoms with Crippen molar-refractivity contribution >= 4 is 22.8 Å². The number of fused-ring (bicyclic) bond motifs is 1. The summed E-state index contributed by atoms with van der Waals surface area (Å²) in [6, 6.07) is 5.18. The summed E-state index contributed by atoms with van der Waals surface area (Å²) < 4.78 is 11.2. The van der Waals surface area contributed by atoms with Crippen molar-refractivity contribution in [1.29, 1.82) is 0 Å². The Bertz CT molecular complexity index is 917. The molecule has 0 bridgehead atoms. The van der Waals surface area contributed by atoms with Crippen molar-refractivity contribution in [3.8, 4) is 5.75 Å². The van der Waals surface area contributed by atoms with E-state index < -0.39 is 17.7 Å². The smallest absolute Gasteiger partial charge is 0.336 e. The van der Waals surface area contributed by atoms with Gasteiger partial charge in [0.25, 0.3) is 5.91 Å². The summed E-state index contributed by atoms with van der Waals surface area (Å²) in [7, 11) is 0. The Morgan fingerprint density at radius 2 is 2.00 bits per heavy atom. The van der Waals surface area contributed by atoms with Crippen molar-refractivity contribution in [2.24, 2.45) is 0 Å². The summed E-state index contributed by atoms with van der Waals surface area (Å²) >= 11 is 0. The van der Waals surface area contributed by atoms with Gasteiger partial charge in [0.1, 0.15) is 11.3 Å². The van der Waals surface area contributed by atoms with Gasteiger partial charge in [-0.2, -0.15) is 0 Å². The van der Waals surface area contributed by atoms with E-state index >= 15 is 0 Å². The number of carboxylic acids is 1. The van der Waals surface area contributed by atoms with Gasteiger partial charge in [-0.15, -0.1) is 0 Å². The van der Waals surface area contributed by atoms with E-state index in [-0.39, 0.29) is 12.3 Å². The summed E-state index contributed by atoms with van der Waals surface area (Å²) in [5.74, 6) is -0.554. The van der Waals surface area contributed by atoms with Crippen LogP contribution >= 0.6 is 0 Å². The third kappa shape index (κ3) is 6.34. The number of carbonyl (C=O) groups excluding carboxylic acids is 1. The number of hydrogen-bond acceptors (Lipinski definition) is 5. The first-order valence-electron chi connectivity index (χ1n) is 10.1. The molecule has 0 spiro atoms. The summed E-state index contributed by atoms with van der Waals surface area (Å²) in [5, 5.41) is 12.3. The number of aliphatic carboxylic acids is 1. The molecule has 29 heavy (non-hydrogen) atoms. The van der Waals surface area contributed by atoms with E-state index in [1.165, 1.54) is 6.07 Å². The van der Waals surface area contributed by atoms with Gasteiger partial charge in [0, 0.05) is 30.0 Å². The highest BCUT2D eigenvalue weighted by atomic mass is 16.5. The molecule has 0 aliphatic heterocycles. The number of ether oxygens (including phenoxy) is 1. The van der Waals surface area contributed by atoms with E-state index in [2.05, 4.69) is 12.2 Å². The number of carbonyl (C=O) groups is 2. The molecule has 0 radical (unpaired) electrons. The molecule has 7 nitrogen and oxygen atoms in total. The van der Waals surface area contributed by atoms with Gasteiger partial charge in [0.15, 0.2) is 6.10 Å². The van der Waals surface area contributed by atoms with Crippen molar-refractivity contribution in [1.82, 2.24) is 5.32 Å². The monoisotopic (exact) mass is 403 g/mol. The molecule has 7 heteroatoms. The van der Waals surface area contributed by atoms with Gasteiger partial charge in [-0.25, -0.2) is 4.79 Å². The first kappa shape index (κ1) is 22.5. The molecule has 1 heterocycles. The molecule has 1 aromatic heterocycles. The van der Waals surface area contributed by atoms with Crippen LogP contribution in [0, 0.1) is 6.92 Å². The zero-order chi connectivity index (χ0) is 21.4. The average molecular weight is 403 g/mol. The largest absolute Gasteiger partial charge is 0.481 e. The van der Waals surface area contributed by atoms with Gasteiger partial charge < -0.3 is 19.6 Å². The lowest BCUT2D eigenvalue weighted by atomic mass is 10.0. The summed E-state index contributed by atoms with van der Waals surface area (Å²) in [5.41, 5.74) is 1.73. The molecule has 2 aromatic rings. The molecule has 0 unspecified atom stereocenters. The summed E-state index contributed by atoms with van der Waals surface area (Å²) in [6.07, 6.45) is 3.19. The molecular formula is C22H29NO6. The third-order valence-electron chi connectivity index (χ3n) is 4.76. The summed E-state index contributed by atoms with van der Waals surface area (Å²) in [6.45, 7) is 5.99. The number of benzene rings is 1. The predicted molar refractivity (Wildman–Crippen MR) is 110 cm³/mol. The van der Waals surface area contributed by atoms with Crippen LogP contribution in [0.1, 0.15) is 57.1 Å². The van der Waals surface area contributed by atoms with E-state index in [4.69, 9.17) is 14.3 Å². The minimum Gasteiger partial charge on any atom is -0.481 e. The Morgan fingerprint density at radius 3 is 2.69 bits per heavy atom. The van der Waals surface area contributed by atoms with Crippen LogP contribution < -0.4 is 15.7 Å². The second-order valence-corrected chi connectivity index (χ2v) is 7.16. The molecule has 2 N–H and O–H groups in total. The molecule has 0 saturated carbocycles. The Kier molecular flexibility index (Phi) is 8.24. The molecule has 0 aliphatic carbocycles. The number of nitrogens with one attached hydrogen (secondary N) is 1. The zero-order valence-corrected chi connectivity index (χ0v) is 17.2. The fourth-order valence-electron chi connectivity index (χ4n) is 3.19. The molecule has 1 amide bonds. The average Bonchev–Trinajstić information content (AvgIpc) is 2.66. The van der Waals surface area contributed by atoms with Crippen LogP contribution in [-0.4, -0.2) is 29.6 Å². The summed E-state index contributed by atoms with van der Waals surface area (Å²) in [4.78, 5) is 34.6. The first-order chi connectivity index (χ1) is 13.8. The lowest BCUT2D eigenvalue weighted by molar-refractivity contribution is -0.137. The highest BCUT2D eigenvalue weighted by Gasteiger charge is 2.17. The fraction of sp³-hybridized carbons (Fsp3) is 0.500. The van der Waals surface area contributed by atoms with Gasteiger partial charge in [0.05, 0.1) is 0 Å². The Balaban J connectivity index is 2.00. The highest BCUT2D eigenvalue weighted by Crippen LogP contribution is 2.29.